The SMILES string of the molecule is CO[C@H](CC(=O)O)C[N+](C)(C)C.[Cl-]. The number of carbonyl (C=O) groups is 1. The number of ether oxygens (including phenoxy) is 1. The third-order valence-corrected chi connectivity index (χ3v) is 1.49. The van der Waals surface area contributed by atoms with Crippen molar-refractivity contribution < 1.29 is 31.5 Å². The van der Waals surface area contributed by atoms with Crippen molar-refractivity contribution in [3.63, 3.8) is 0 Å². The summed E-state index contributed by atoms with van der Waals surface area (Å²) in [6, 6.07) is 0. The maximum absolute atomic E-state index is 10.4. The fourth-order valence-corrected chi connectivity index (χ4v) is 1.03. The molecule has 0 radical (unpaired) electrons. The summed E-state index contributed by atoms with van der Waals surface area (Å²) < 4.78 is 5.75. The van der Waals surface area contributed by atoms with E-state index in [-0.39, 0.29) is 24.9 Å². The van der Waals surface area contributed by atoms with E-state index in [2.05, 4.69) is 0 Å². The van der Waals surface area contributed by atoms with E-state index >= 15 is 0 Å². The van der Waals surface area contributed by atoms with Crippen LogP contribution in [-0.2, 0) is 9.53 Å². The third kappa shape index (κ3) is 9.60. The summed E-state index contributed by atoms with van der Waals surface area (Å²) in [5, 5.41) is 8.52. The molecule has 0 aliphatic carbocycles. The molecule has 0 rings (SSSR count). The summed E-state index contributed by atoms with van der Waals surface area (Å²) in [7, 11) is 7.57. The van der Waals surface area contributed by atoms with Gasteiger partial charge in [-0.2, -0.15) is 0 Å². The molecule has 0 saturated carbocycles. The van der Waals surface area contributed by atoms with Crippen molar-refractivity contribution in [1.82, 2.24) is 0 Å². The van der Waals surface area contributed by atoms with E-state index < -0.39 is 5.97 Å². The number of nitrogens with zero attached hydrogens (tertiary/aromatic N) is 1. The second kappa shape index (κ2) is 6.18. The zero-order chi connectivity index (χ0) is 9.78. The summed E-state index contributed by atoms with van der Waals surface area (Å²) in [6.45, 7) is 0.711. The van der Waals surface area contributed by atoms with Gasteiger partial charge in [0.15, 0.2) is 0 Å². The number of quaternary nitrogens is 1. The quantitative estimate of drug-likeness (QED) is 0.500. The van der Waals surface area contributed by atoms with E-state index in [1.807, 2.05) is 21.1 Å². The van der Waals surface area contributed by atoms with Gasteiger partial charge < -0.3 is 26.7 Å². The summed E-state index contributed by atoms with van der Waals surface area (Å²) in [5.41, 5.74) is 0. The van der Waals surface area contributed by atoms with E-state index in [0.717, 1.165) is 0 Å². The lowest BCUT2D eigenvalue weighted by Gasteiger charge is -2.27. The summed E-state index contributed by atoms with van der Waals surface area (Å²) in [5.74, 6) is -0.810. The van der Waals surface area contributed by atoms with E-state index in [1.165, 1.54) is 0 Å². The molecule has 1 N–H and O–H groups in total. The van der Waals surface area contributed by atoms with Crippen LogP contribution in [0.3, 0.4) is 0 Å². The molecule has 1 atom stereocenters. The molecule has 0 heterocycles. The molecule has 4 nitrogen and oxygen atoms in total. The average molecular weight is 212 g/mol. The Labute approximate surface area is 85.5 Å². The molecule has 5 heteroatoms. The highest BCUT2D eigenvalue weighted by molar-refractivity contribution is 5.67. The zero-order valence-corrected chi connectivity index (χ0v) is 9.34. The predicted molar refractivity (Wildman–Crippen MR) is 45.9 cm³/mol. The molecule has 0 aliphatic rings. The highest BCUT2D eigenvalue weighted by Gasteiger charge is 2.19. The Morgan fingerprint density at radius 3 is 2.15 bits per heavy atom. The number of methoxy groups -OCH3 is 1. The van der Waals surface area contributed by atoms with Gasteiger partial charge >= 0.3 is 5.97 Å². The van der Waals surface area contributed by atoms with Crippen molar-refractivity contribution in [1.29, 1.82) is 0 Å². The highest BCUT2D eigenvalue weighted by atomic mass is 35.5. The first-order valence-electron chi connectivity index (χ1n) is 3.90. The minimum atomic E-state index is -0.810. The fraction of sp³-hybridized carbons (Fsp3) is 0.875. The Hall–Kier alpha value is -0.320. The molecule has 0 spiro atoms. The Morgan fingerprint density at radius 2 is 1.92 bits per heavy atom. The highest BCUT2D eigenvalue weighted by Crippen LogP contribution is 2.02. The molecule has 0 aromatic carbocycles. The van der Waals surface area contributed by atoms with Crippen LogP contribution in [0, 0.1) is 0 Å². The van der Waals surface area contributed by atoms with Gasteiger partial charge in [-0.25, -0.2) is 0 Å². The number of carboxylic acid groups (broad SMARTS) is 1. The summed E-state index contributed by atoms with van der Waals surface area (Å²) in [6.07, 6.45) is -0.117. The van der Waals surface area contributed by atoms with Gasteiger partial charge in [-0.15, -0.1) is 0 Å². The molecule has 80 valence electrons. The number of hydrogen-bond acceptors (Lipinski definition) is 2. The number of carboxylic acids is 1. The van der Waals surface area contributed by atoms with Gasteiger partial charge in [-0.1, -0.05) is 0 Å². The van der Waals surface area contributed by atoms with Gasteiger partial charge in [0.25, 0.3) is 0 Å². The van der Waals surface area contributed by atoms with Crippen LogP contribution in [0.25, 0.3) is 0 Å². The van der Waals surface area contributed by atoms with Crippen LogP contribution in [0.2, 0.25) is 0 Å². The first kappa shape index (κ1) is 15.2. The molecular formula is C8H18ClNO3. The monoisotopic (exact) mass is 211 g/mol. The van der Waals surface area contributed by atoms with E-state index in [1.54, 1.807) is 7.11 Å². The molecule has 0 bridgehead atoms. The predicted octanol–water partition coefficient (Wildman–Crippen LogP) is -2.81. The maximum atomic E-state index is 10.4. The Bertz CT molecular complexity index is 156. The van der Waals surface area contributed by atoms with Crippen molar-refractivity contribution in [3.8, 4) is 0 Å². The first-order chi connectivity index (χ1) is 5.35. The summed E-state index contributed by atoms with van der Waals surface area (Å²) in [4.78, 5) is 10.4. The van der Waals surface area contributed by atoms with Crippen LogP contribution in [0.5, 0.6) is 0 Å². The minimum absolute atomic E-state index is 0. The topological polar surface area (TPSA) is 46.5 Å². The van der Waals surface area contributed by atoms with Gasteiger partial charge in [-0.05, 0) is 0 Å². The standard InChI is InChI=1S/C8H17NO3.ClH/c1-9(2,3)6-7(12-4)5-8(10)11;/h7H,5-6H2,1-4H3;1H/t7-;/m1./s1. The minimum Gasteiger partial charge on any atom is -1.00 e. The Balaban J connectivity index is 0. The molecule has 13 heavy (non-hydrogen) atoms. The maximum Gasteiger partial charge on any atom is 0.306 e. The van der Waals surface area contributed by atoms with E-state index in [0.29, 0.717) is 11.0 Å². The van der Waals surface area contributed by atoms with Crippen LogP contribution in [0.4, 0.5) is 0 Å². The van der Waals surface area contributed by atoms with Crippen LogP contribution in [0.15, 0.2) is 0 Å². The molecular weight excluding hydrogens is 194 g/mol. The van der Waals surface area contributed by atoms with Crippen molar-refractivity contribution in [2.75, 3.05) is 34.8 Å². The van der Waals surface area contributed by atoms with Crippen molar-refractivity contribution in [3.05, 3.63) is 0 Å². The average Bonchev–Trinajstić information content (AvgIpc) is 1.82. The van der Waals surface area contributed by atoms with Gasteiger partial charge in [-0.3, -0.25) is 4.79 Å². The molecule has 0 saturated heterocycles. The van der Waals surface area contributed by atoms with Crippen LogP contribution >= 0.6 is 0 Å². The van der Waals surface area contributed by atoms with Gasteiger partial charge in [0.2, 0.25) is 0 Å². The molecule has 0 aromatic rings. The van der Waals surface area contributed by atoms with Crippen LogP contribution in [0.1, 0.15) is 6.42 Å². The van der Waals surface area contributed by atoms with Gasteiger partial charge in [0, 0.05) is 7.11 Å². The van der Waals surface area contributed by atoms with Crippen molar-refractivity contribution in [2.45, 2.75) is 12.5 Å². The van der Waals surface area contributed by atoms with Crippen molar-refractivity contribution in [2.24, 2.45) is 0 Å². The molecule has 0 aliphatic heterocycles. The third-order valence-electron chi connectivity index (χ3n) is 1.49. The van der Waals surface area contributed by atoms with Crippen LogP contribution < -0.4 is 12.4 Å². The molecule has 0 unspecified atom stereocenters. The van der Waals surface area contributed by atoms with E-state index in [9.17, 15) is 4.79 Å². The number of likely N-dealkylation sites (N-methyl/N-ethyl adjacent to an activating group) is 1. The van der Waals surface area contributed by atoms with Crippen LogP contribution in [-0.4, -0.2) is 56.5 Å². The van der Waals surface area contributed by atoms with Gasteiger partial charge in [0.1, 0.15) is 12.6 Å². The largest absolute Gasteiger partial charge is 1.00 e. The first-order valence-corrected chi connectivity index (χ1v) is 3.90. The van der Waals surface area contributed by atoms with Gasteiger partial charge in [0.05, 0.1) is 27.6 Å². The summed E-state index contributed by atoms with van der Waals surface area (Å²) >= 11 is 0. The second-order valence-electron chi connectivity index (χ2n) is 3.93. The lowest BCUT2D eigenvalue weighted by molar-refractivity contribution is -0.873. The van der Waals surface area contributed by atoms with E-state index in [4.69, 9.17) is 9.84 Å². The molecule has 0 aromatic heterocycles. The smallest absolute Gasteiger partial charge is 0.306 e. The Kier molecular flexibility index (Phi) is 7.21. The zero-order valence-electron chi connectivity index (χ0n) is 8.58. The normalized spacial score (nSPS) is 13.2. The number of rotatable bonds is 5. The lowest BCUT2D eigenvalue weighted by Crippen LogP contribution is -3.00. The molecule has 0 amide bonds. The second-order valence-corrected chi connectivity index (χ2v) is 3.93. The molecule has 0 fully saturated rings. The number of aliphatic carboxylic acids is 1. The fourth-order valence-electron chi connectivity index (χ4n) is 1.03. The number of hydrogen-bond donors (Lipinski definition) is 1. The lowest BCUT2D eigenvalue weighted by atomic mass is 10.2. The number of halogens is 1. The Morgan fingerprint density at radius 1 is 1.46 bits per heavy atom. The van der Waals surface area contributed by atoms with Crippen molar-refractivity contribution >= 4 is 5.97 Å².